The van der Waals surface area contributed by atoms with Gasteiger partial charge in [0.15, 0.2) is 6.54 Å². The SMILES string of the molecule is Cc1ccc(SCCC(=O)N2CC[NH+](CC(=O)Nc3cccc(F)c3)CC2)cc1. The van der Waals surface area contributed by atoms with E-state index in [1.54, 1.807) is 23.9 Å². The molecule has 0 aliphatic carbocycles. The van der Waals surface area contributed by atoms with Crippen molar-refractivity contribution in [1.29, 1.82) is 0 Å². The van der Waals surface area contributed by atoms with Crippen LogP contribution in [0.1, 0.15) is 12.0 Å². The predicted molar refractivity (Wildman–Crippen MR) is 114 cm³/mol. The average molecular weight is 417 g/mol. The molecular formula is C22H27FN3O2S+. The van der Waals surface area contributed by atoms with E-state index in [-0.39, 0.29) is 17.6 Å². The third kappa shape index (κ3) is 6.87. The number of carbonyl (C=O) groups excluding carboxylic acids is 2. The number of benzene rings is 2. The van der Waals surface area contributed by atoms with Crippen LogP contribution in [0.3, 0.4) is 0 Å². The molecule has 2 aromatic rings. The van der Waals surface area contributed by atoms with E-state index in [0.29, 0.717) is 31.7 Å². The Morgan fingerprint density at radius 2 is 1.86 bits per heavy atom. The Morgan fingerprint density at radius 1 is 1.14 bits per heavy atom. The largest absolute Gasteiger partial charge is 0.331 e. The van der Waals surface area contributed by atoms with E-state index >= 15 is 0 Å². The summed E-state index contributed by atoms with van der Waals surface area (Å²) in [4.78, 5) is 28.8. The van der Waals surface area contributed by atoms with Gasteiger partial charge in [-0.25, -0.2) is 4.39 Å². The number of nitrogens with zero attached hydrogens (tertiary/aromatic N) is 1. The fourth-order valence-corrected chi connectivity index (χ4v) is 4.14. The van der Waals surface area contributed by atoms with E-state index in [9.17, 15) is 14.0 Å². The van der Waals surface area contributed by atoms with Crippen molar-refractivity contribution in [3.63, 3.8) is 0 Å². The fourth-order valence-electron chi connectivity index (χ4n) is 3.30. The van der Waals surface area contributed by atoms with Crippen LogP contribution in [-0.2, 0) is 9.59 Å². The quantitative estimate of drug-likeness (QED) is 0.679. The van der Waals surface area contributed by atoms with Crippen LogP contribution in [0.4, 0.5) is 10.1 Å². The molecule has 2 N–H and O–H groups in total. The number of carbonyl (C=O) groups is 2. The van der Waals surface area contributed by atoms with Gasteiger partial charge in [0, 0.05) is 22.8 Å². The molecule has 0 spiro atoms. The number of hydrogen-bond acceptors (Lipinski definition) is 3. The number of hydrogen-bond donors (Lipinski definition) is 2. The summed E-state index contributed by atoms with van der Waals surface area (Å²) in [6, 6.07) is 14.2. The minimum Gasteiger partial charge on any atom is -0.331 e. The first kappa shape index (κ1) is 21.3. The summed E-state index contributed by atoms with van der Waals surface area (Å²) in [5.74, 6) is 0.431. The standard InChI is InChI=1S/C22H26FN3O2S/c1-17-5-7-20(8-6-17)29-14-9-22(28)26-12-10-25(11-13-26)16-21(27)24-19-4-2-3-18(23)15-19/h2-8,15H,9-14,16H2,1H3,(H,24,27)/p+1. The van der Waals surface area contributed by atoms with E-state index < -0.39 is 0 Å². The molecule has 5 nitrogen and oxygen atoms in total. The highest BCUT2D eigenvalue weighted by atomic mass is 32.2. The third-order valence-electron chi connectivity index (χ3n) is 4.95. The Hall–Kier alpha value is -2.38. The van der Waals surface area contributed by atoms with Gasteiger partial charge in [-0.2, -0.15) is 0 Å². The number of halogens is 1. The molecule has 0 bridgehead atoms. The summed E-state index contributed by atoms with van der Waals surface area (Å²) in [6.07, 6.45) is 0.522. The zero-order valence-electron chi connectivity index (χ0n) is 16.6. The minimum atomic E-state index is -0.372. The van der Waals surface area contributed by atoms with Gasteiger partial charge in [0.1, 0.15) is 5.82 Å². The van der Waals surface area contributed by atoms with Crippen LogP contribution in [0.2, 0.25) is 0 Å². The second kappa shape index (κ2) is 10.4. The monoisotopic (exact) mass is 416 g/mol. The average Bonchev–Trinajstić information content (AvgIpc) is 2.70. The molecule has 0 aromatic heterocycles. The van der Waals surface area contributed by atoms with E-state index in [4.69, 9.17) is 0 Å². The smallest absolute Gasteiger partial charge is 0.279 e. The third-order valence-corrected chi connectivity index (χ3v) is 5.96. The molecule has 1 aliphatic heterocycles. The number of thioether (sulfide) groups is 1. The number of nitrogens with one attached hydrogen (secondary N) is 2. The lowest BCUT2D eigenvalue weighted by molar-refractivity contribution is -0.895. The highest BCUT2D eigenvalue weighted by Crippen LogP contribution is 2.19. The molecule has 154 valence electrons. The highest BCUT2D eigenvalue weighted by molar-refractivity contribution is 7.99. The van der Waals surface area contributed by atoms with Gasteiger partial charge in [-0.1, -0.05) is 23.8 Å². The molecule has 2 amide bonds. The van der Waals surface area contributed by atoms with Crippen molar-refractivity contribution in [3.8, 4) is 0 Å². The number of rotatable bonds is 7. The van der Waals surface area contributed by atoms with Crippen molar-refractivity contribution in [2.24, 2.45) is 0 Å². The van der Waals surface area contributed by atoms with Crippen molar-refractivity contribution < 1.29 is 18.9 Å². The summed E-state index contributed by atoms with van der Waals surface area (Å²) >= 11 is 1.70. The summed E-state index contributed by atoms with van der Waals surface area (Å²) in [5.41, 5.74) is 1.70. The van der Waals surface area contributed by atoms with E-state index in [1.165, 1.54) is 22.6 Å². The number of anilines is 1. The summed E-state index contributed by atoms with van der Waals surface area (Å²) in [6.45, 7) is 5.20. The maximum atomic E-state index is 13.2. The molecule has 1 saturated heterocycles. The van der Waals surface area contributed by atoms with Crippen molar-refractivity contribution >= 4 is 29.3 Å². The van der Waals surface area contributed by atoms with Crippen LogP contribution in [0, 0.1) is 12.7 Å². The summed E-state index contributed by atoms with van der Waals surface area (Å²) in [5, 5.41) is 2.73. The van der Waals surface area contributed by atoms with Crippen molar-refractivity contribution in [2.45, 2.75) is 18.2 Å². The molecule has 0 atom stereocenters. The second-order valence-electron chi connectivity index (χ2n) is 7.28. The molecule has 0 radical (unpaired) electrons. The molecule has 1 aliphatic rings. The van der Waals surface area contributed by atoms with Crippen LogP contribution in [-0.4, -0.2) is 55.2 Å². The van der Waals surface area contributed by atoms with Crippen LogP contribution in [0.5, 0.6) is 0 Å². The number of piperazine rings is 1. The highest BCUT2D eigenvalue weighted by Gasteiger charge is 2.25. The second-order valence-corrected chi connectivity index (χ2v) is 8.45. The zero-order chi connectivity index (χ0) is 20.6. The van der Waals surface area contributed by atoms with Gasteiger partial charge < -0.3 is 15.1 Å². The topological polar surface area (TPSA) is 53.9 Å². The minimum absolute atomic E-state index is 0.139. The van der Waals surface area contributed by atoms with Gasteiger partial charge in [0.25, 0.3) is 5.91 Å². The zero-order valence-corrected chi connectivity index (χ0v) is 17.4. The molecule has 2 aromatic carbocycles. The van der Waals surface area contributed by atoms with Crippen LogP contribution in [0.15, 0.2) is 53.4 Å². The Labute approximate surface area is 175 Å². The number of aryl methyl sites for hydroxylation is 1. The van der Waals surface area contributed by atoms with Crippen molar-refractivity contribution in [3.05, 3.63) is 59.9 Å². The van der Waals surface area contributed by atoms with Crippen molar-refractivity contribution in [1.82, 2.24) is 4.90 Å². The van der Waals surface area contributed by atoms with Crippen LogP contribution < -0.4 is 10.2 Å². The fraction of sp³-hybridized carbons (Fsp3) is 0.364. The van der Waals surface area contributed by atoms with Crippen LogP contribution >= 0.6 is 11.8 Å². The summed E-state index contributed by atoms with van der Waals surface area (Å²) < 4.78 is 13.2. The molecule has 29 heavy (non-hydrogen) atoms. The van der Waals surface area contributed by atoms with E-state index in [1.807, 2.05) is 4.90 Å². The maximum Gasteiger partial charge on any atom is 0.279 e. The Kier molecular flexibility index (Phi) is 7.66. The number of quaternary nitrogens is 1. The van der Waals surface area contributed by atoms with Gasteiger partial charge in [-0.15, -0.1) is 11.8 Å². The lowest BCUT2D eigenvalue weighted by Crippen LogP contribution is -3.15. The normalized spacial score (nSPS) is 14.6. The first-order chi connectivity index (χ1) is 14.0. The molecule has 3 rings (SSSR count). The maximum absolute atomic E-state index is 13.2. The Balaban J connectivity index is 1.35. The molecule has 7 heteroatoms. The van der Waals surface area contributed by atoms with Gasteiger partial charge in [-0.05, 0) is 37.3 Å². The molecular weight excluding hydrogens is 389 g/mol. The Bertz CT molecular complexity index is 836. The predicted octanol–water partition coefficient (Wildman–Crippen LogP) is 1.98. The van der Waals surface area contributed by atoms with Gasteiger partial charge in [0.05, 0.1) is 26.2 Å². The van der Waals surface area contributed by atoms with Crippen molar-refractivity contribution in [2.75, 3.05) is 43.8 Å². The van der Waals surface area contributed by atoms with Gasteiger partial charge in [-0.3, -0.25) is 9.59 Å². The molecule has 1 fully saturated rings. The van der Waals surface area contributed by atoms with Crippen LogP contribution in [0.25, 0.3) is 0 Å². The lowest BCUT2D eigenvalue weighted by atomic mass is 10.2. The van der Waals surface area contributed by atoms with E-state index in [2.05, 4.69) is 36.5 Å². The molecule has 1 heterocycles. The number of amides is 2. The van der Waals surface area contributed by atoms with Gasteiger partial charge >= 0.3 is 0 Å². The summed E-state index contributed by atoms with van der Waals surface area (Å²) in [7, 11) is 0. The molecule has 0 unspecified atom stereocenters. The lowest BCUT2D eigenvalue weighted by Gasteiger charge is -2.32. The Morgan fingerprint density at radius 3 is 2.55 bits per heavy atom. The first-order valence-corrected chi connectivity index (χ1v) is 10.8. The first-order valence-electron chi connectivity index (χ1n) is 9.86. The van der Waals surface area contributed by atoms with Gasteiger partial charge in [0.2, 0.25) is 5.91 Å². The molecule has 0 saturated carbocycles. The van der Waals surface area contributed by atoms with E-state index in [0.717, 1.165) is 23.7 Å².